The number of aliphatic hydroxyl groups excluding tert-OH is 1. The molecule has 2 atom stereocenters. The third-order valence-corrected chi connectivity index (χ3v) is 4.29. The number of allylic oxidation sites excluding steroid dienone is 2. The molecule has 0 saturated heterocycles. The third-order valence-electron chi connectivity index (χ3n) is 4.29. The first kappa shape index (κ1) is 19.1. The van der Waals surface area contributed by atoms with E-state index in [-0.39, 0.29) is 35.7 Å². The minimum Gasteiger partial charge on any atom is -0.513 e. The van der Waals surface area contributed by atoms with Gasteiger partial charge in [0.2, 0.25) is 0 Å². The van der Waals surface area contributed by atoms with E-state index in [1.54, 1.807) is 6.08 Å². The van der Waals surface area contributed by atoms with Gasteiger partial charge >= 0.3 is 6.18 Å². The predicted molar refractivity (Wildman–Crippen MR) is 88.3 cm³/mol. The van der Waals surface area contributed by atoms with Crippen molar-refractivity contribution in [2.45, 2.75) is 31.9 Å². The fourth-order valence-electron chi connectivity index (χ4n) is 3.07. The number of alkyl halides is 3. The molecule has 3 nitrogen and oxygen atoms in total. The van der Waals surface area contributed by atoms with Crippen LogP contribution in [0.2, 0.25) is 0 Å². The van der Waals surface area contributed by atoms with Crippen LogP contribution in [-0.2, 0) is 11.0 Å². The topological polar surface area (TPSA) is 46.5 Å². The van der Waals surface area contributed by atoms with Gasteiger partial charge in [-0.3, -0.25) is 4.79 Å². The smallest absolute Gasteiger partial charge is 0.416 e. The van der Waals surface area contributed by atoms with E-state index >= 15 is 0 Å². The molecule has 1 saturated carbocycles. The Hall–Kier alpha value is -2.24. The van der Waals surface area contributed by atoms with Gasteiger partial charge in [0.15, 0.2) is 12.4 Å². The Labute approximate surface area is 144 Å². The highest BCUT2D eigenvalue weighted by Crippen LogP contribution is 2.36. The maximum absolute atomic E-state index is 12.6. The molecular formula is C19H21F3O3. The number of ether oxygens (including phenoxy) is 1. The van der Waals surface area contributed by atoms with E-state index in [9.17, 15) is 23.1 Å². The third kappa shape index (κ3) is 5.96. The predicted octanol–water partition coefficient (Wildman–Crippen LogP) is 5.09. The summed E-state index contributed by atoms with van der Waals surface area (Å²) in [4.78, 5) is 11.9. The monoisotopic (exact) mass is 354 g/mol. The maximum Gasteiger partial charge on any atom is 0.416 e. The van der Waals surface area contributed by atoms with Crippen LogP contribution in [0.3, 0.4) is 0 Å². The summed E-state index contributed by atoms with van der Waals surface area (Å²) in [5.74, 6) is 0.301. The highest BCUT2D eigenvalue weighted by atomic mass is 19.4. The summed E-state index contributed by atoms with van der Waals surface area (Å²) in [6.07, 6.45) is 2.23. The molecule has 0 bridgehead atoms. The fraction of sp³-hybridized carbons (Fsp3) is 0.421. The Bertz CT molecular complexity index is 650. The van der Waals surface area contributed by atoms with E-state index in [0.29, 0.717) is 6.42 Å². The van der Waals surface area contributed by atoms with Crippen molar-refractivity contribution in [3.8, 4) is 5.75 Å². The van der Waals surface area contributed by atoms with Crippen molar-refractivity contribution in [3.63, 3.8) is 0 Å². The molecule has 0 amide bonds. The van der Waals surface area contributed by atoms with E-state index in [1.165, 1.54) is 18.2 Å². The number of aliphatic hydroxyl groups is 1. The number of hydrogen-bond donors (Lipinski definition) is 1. The van der Waals surface area contributed by atoms with Gasteiger partial charge < -0.3 is 9.84 Å². The minimum atomic E-state index is -4.45. The number of ketones is 1. The fourth-order valence-corrected chi connectivity index (χ4v) is 3.07. The molecule has 1 aromatic rings. The first-order valence-electron chi connectivity index (χ1n) is 8.13. The number of hydrogen-bond acceptors (Lipinski definition) is 3. The first-order valence-corrected chi connectivity index (χ1v) is 8.13. The minimum absolute atomic E-state index is 0.00639. The zero-order valence-electron chi connectivity index (χ0n) is 13.8. The molecule has 1 N–H and O–H groups in total. The van der Waals surface area contributed by atoms with Crippen molar-refractivity contribution >= 4 is 5.78 Å². The summed E-state index contributed by atoms with van der Waals surface area (Å²) in [7, 11) is 0. The Morgan fingerprint density at radius 3 is 2.80 bits per heavy atom. The summed E-state index contributed by atoms with van der Waals surface area (Å²) in [6, 6.07) is 4.44. The largest absolute Gasteiger partial charge is 0.513 e. The van der Waals surface area contributed by atoms with Gasteiger partial charge in [0.1, 0.15) is 5.75 Å². The lowest BCUT2D eigenvalue weighted by atomic mass is 9.92. The lowest BCUT2D eigenvalue weighted by Crippen LogP contribution is -2.11. The molecule has 0 radical (unpaired) electrons. The Morgan fingerprint density at radius 1 is 1.36 bits per heavy atom. The maximum atomic E-state index is 12.6. The van der Waals surface area contributed by atoms with Crippen molar-refractivity contribution in [2.75, 3.05) is 6.61 Å². The average molecular weight is 354 g/mol. The molecule has 1 aromatic carbocycles. The van der Waals surface area contributed by atoms with E-state index in [4.69, 9.17) is 4.74 Å². The second-order valence-corrected chi connectivity index (χ2v) is 6.26. The van der Waals surface area contributed by atoms with Crippen LogP contribution in [-0.4, -0.2) is 17.5 Å². The molecular weight excluding hydrogens is 333 g/mol. The van der Waals surface area contributed by atoms with Gasteiger partial charge in [-0.2, -0.15) is 13.2 Å². The first-order chi connectivity index (χ1) is 11.8. The van der Waals surface area contributed by atoms with Crippen LogP contribution in [0.25, 0.3) is 0 Å². The summed E-state index contributed by atoms with van der Waals surface area (Å²) in [5.41, 5.74) is -0.814. The molecule has 25 heavy (non-hydrogen) atoms. The molecule has 0 spiro atoms. The summed E-state index contributed by atoms with van der Waals surface area (Å²) in [6.45, 7) is 3.18. The van der Waals surface area contributed by atoms with Crippen LogP contribution in [0, 0.1) is 11.8 Å². The van der Waals surface area contributed by atoms with Crippen molar-refractivity contribution in [1.82, 2.24) is 0 Å². The zero-order chi connectivity index (χ0) is 18.4. The normalized spacial score (nSPS) is 20.8. The molecule has 0 aromatic heterocycles. The summed E-state index contributed by atoms with van der Waals surface area (Å²) >= 11 is 0. The Balaban J connectivity index is 1.87. The summed E-state index contributed by atoms with van der Waals surface area (Å²) < 4.78 is 43.0. The van der Waals surface area contributed by atoms with Gasteiger partial charge in [0, 0.05) is 6.42 Å². The van der Waals surface area contributed by atoms with Crippen LogP contribution in [0.4, 0.5) is 13.2 Å². The van der Waals surface area contributed by atoms with Gasteiger partial charge in [0.05, 0.1) is 11.3 Å². The van der Waals surface area contributed by atoms with Gasteiger partial charge in [-0.15, -0.1) is 0 Å². The molecule has 1 fully saturated rings. The van der Waals surface area contributed by atoms with E-state index in [2.05, 4.69) is 6.58 Å². The van der Waals surface area contributed by atoms with Crippen LogP contribution in [0.5, 0.6) is 5.75 Å². The number of carbonyl (C=O) groups is 1. The number of benzene rings is 1. The molecule has 1 unspecified atom stereocenters. The van der Waals surface area contributed by atoms with Crippen molar-refractivity contribution in [2.24, 2.45) is 11.8 Å². The van der Waals surface area contributed by atoms with Crippen LogP contribution in [0.15, 0.2) is 48.8 Å². The Kier molecular flexibility index (Phi) is 6.28. The standard InChI is InChI=1S/C19H21F3O3/c1-13(23)10-15-5-2-4-14(15)8-9-17(24)12-25-18-7-3-6-16(11-18)19(20,21)22/h3,6-9,11,14-15,23H,1-2,4-5,10,12H2/b9-8+/t14?,15-/m1/s1. The van der Waals surface area contributed by atoms with Crippen molar-refractivity contribution < 1.29 is 27.8 Å². The van der Waals surface area contributed by atoms with Gasteiger partial charge in [-0.25, -0.2) is 0 Å². The average Bonchev–Trinajstić information content (AvgIpc) is 2.97. The number of halogens is 3. The van der Waals surface area contributed by atoms with E-state index < -0.39 is 11.7 Å². The number of rotatable bonds is 7. The molecule has 136 valence electrons. The van der Waals surface area contributed by atoms with Gasteiger partial charge in [-0.05, 0) is 49.0 Å². The second kappa shape index (κ2) is 8.23. The summed E-state index contributed by atoms with van der Waals surface area (Å²) in [5, 5.41) is 9.31. The molecule has 6 heteroatoms. The van der Waals surface area contributed by atoms with Gasteiger partial charge in [0.25, 0.3) is 0 Å². The molecule has 1 aliphatic rings. The highest BCUT2D eigenvalue weighted by Gasteiger charge is 2.30. The second-order valence-electron chi connectivity index (χ2n) is 6.26. The van der Waals surface area contributed by atoms with Crippen LogP contribution in [0.1, 0.15) is 31.2 Å². The molecule has 2 rings (SSSR count). The molecule has 0 heterocycles. The quantitative estimate of drug-likeness (QED) is 0.548. The SMILES string of the molecule is C=C(O)C[C@H]1CCCC1/C=C/C(=O)COc1cccc(C(F)(F)F)c1. The molecule has 1 aliphatic carbocycles. The highest BCUT2D eigenvalue weighted by molar-refractivity contribution is 5.90. The van der Waals surface area contributed by atoms with Crippen LogP contribution < -0.4 is 4.74 Å². The van der Waals surface area contributed by atoms with Crippen molar-refractivity contribution in [3.05, 3.63) is 54.3 Å². The van der Waals surface area contributed by atoms with Crippen molar-refractivity contribution in [1.29, 1.82) is 0 Å². The lowest BCUT2D eigenvalue weighted by Gasteiger charge is -2.15. The lowest BCUT2D eigenvalue weighted by molar-refractivity contribution is -0.137. The number of carbonyl (C=O) groups excluding carboxylic acids is 1. The Morgan fingerprint density at radius 2 is 2.12 bits per heavy atom. The van der Waals surface area contributed by atoms with Gasteiger partial charge in [-0.1, -0.05) is 25.1 Å². The van der Waals surface area contributed by atoms with Crippen LogP contribution >= 0.6 is 0 Å². The van der Waals surface area contributed by atoms with E-state index in [1.807, 2.05) is 0 Å². The molecule has 0 aliphatic heterocycles. The van der Waals surface area contributed by atoms with E-state index in [0.717, 1.165) is 31.4 Å². The zero-order valence-corrected chi connectivity index (χ0v) is 13.8.